The number of hydrogen-bond acceptors (Lipinski definition) is 2. The summed E-state index contributed by atoms with van der Waals surface area (Å²) in [5.74, 6) is 0.480. The monoisotopic (exact) mass is 293 g/mol. The van der Waals surface area contributed by atoms with Crippen LogP contribution in [0.1, 0.15) is 47.1 Å². The van der Waals surface area contributed by atoms with Crippen molar-refractivity contribution in [1.29, 1.82) is 0 Å². The largest absolute Gasteiger partial charge is 0.416 e. The van der Waals surface area contributed by atoms with Crippen LogP contribution >= 0.6 is 0 Å². The third-order valence-corrected chi connectivity index (χ3v) is 3.73. The Labute approximate surface area is 120 Å². The van der Waals surface area contributed by atoms with Crippen LogP contribution in [0.2, 0.25) is 0 Å². The molecule has 0 bridgehead atoms. The second-order valence-corrected chi connectivity index (χ2v) is 5.31. The zero-order chi connectivity index (χ0) is 15.0. The van der Waals surface area contributed by atoms with Crippen molar-refractivity contribution in [2.24, 2.45) is 0 Å². The molecule has 2 aromatic rings. The van der Waals surface area contributed by atoms with Crippen molar-refractivity contribution in [3.63, 3.8) is 0 Å². The lowest BCUT2D eigenvalue weighted by atomic mass is 9.96. The topological polar surface area (TPSA) is 33.1 Å². The molecule has 1 aliphatic carbocycles. The van der Waals surface area contributed by atoms with E-state index in [0.717, 1.165) is 36.9 Å². The normalized spacial score (nSPS) is 16.8. The van der Waals surface area contributed by atoms with Gasteiger partial charge in [0.2, 0.25) is 0 Å². The SMILES string of the molecule is OC(c1cccc(C2CC2)c1)c1cnccc1C(F)(F)F. The van der Waals surface area contributed by atoms with Gasteiger partial charge in [-0.2, -0.15) is 13.2 Å². The van der Waals surface area contributed by atoms with E-state index in [2.05, 4.69) is 4.98 Å². The van der Waals surface area contributed by atoms with E-state index < -0.39 is 17.8 Å². The standard InChI is InChI=1S/C16H14F3NO/c17-16(18,19)14-6-7-20-9-13(14)15(21)12-3-1-2-11(8-12)10-4-5-10/h1-3,6-10,15,21H,4-5H2. The molecule has 1 atom stereocenters. The Hall–Kier alpha value is -1.88. The van der Waals surface area contributed by atoms with Gasteiger partial charge in [0.15, 0.2) is 0 Å². The molecule has 1 fully saturated rings. The molecule has 0 saturated heterocycles. The van der Waals surface area contributed by atoms with Gasteiger partial charge < -0.3 is 5.11 Å². The second kappa shape index (κ2) is 5.15. The van der Waals surface area contributed by atoms with Gasteiger partial charge in [-0.15, -0.1) is 0 Å². The number of aliphatic hydroxyl groups is 1. The lowest BCUT2D eigenvalue weighted by Gasteiger charge is -2.17. The molecular weight excluding hydrogens is 279 g/mol. The summed E-state index contributed by atoms with van der Waals surface area (Å²) < 4.78 is 39.0. The molecule has 5 heteroatoms. The van der Waals surface area contributed by atoms with Gasteiger partial charge in [0.1, 0.15) is 6.10 Å². The predicted octanol–water partition coefficient (Wildman–Crippen LogP) is 4.06. The van der Waals surface area contributed by atoms with Crippen LogP contribution in [0, 0.1) is 0 Å². The van der Waals surface area contributed by atoms with E-state index in [-0.39, 0.29) is 5.56 Å². The molecular formula is C16H14F3NO. The molecule has 3 rings (SSSR count). The molecule has 0 amide bonds. The molecule has 1 aromatic heterocycles. The van der Waals surface area contributed by atoms with Crippen molar-refractivity contribution in [2.75, 3.05) is 0 Å². The van der Waals surface area contributed by atoms with Gasteiger partial charge in [-0.25, -0.2) is 0 Å². The highest BCUT2D eigenvalue weighted by atomic mass is 19.4. The number of aromatic nitrogens is 1. The Morgan fingerprint density at radius 1 is 1.19 bits per heavy atom. The van der Waals surface area contributed by atoms with Crippen LogP contribution in [0.25, 0.3) is 0 Å². The maximum Gasteiger partial charge on any atom is 0.416 e. The molecule has 1 aliphatic rings. The van der Waals surface area contributed by atoms with E-state index in [1.54, 1.807) is 18.2 Å². The Balaban J connectivity index is 1.98. The summed E-state index contributed by atoms with van der Waals surface area (Å²) >= 11 is 0. The first-order valence-corrected chi connectivity index (χ1v) is 6.76. The van der Waals surface area contributed by atoms with E-state index >= 15 is 0 Å². The molecule has 1 heterocycles. The molecule has 110 valence electrons. The average Bonchev–Trinajstić information content (AvgIpc) is 3.30. The Morgan fingerprint density at radius 3 is 2.62 bits per heavy atom. The van der Waals surface area contributed by atoms with Gasteiger partial charge in [0.25, 0.3) is 0 Å². The molecule has 0 radical (unpaired) electrons. The third-order valence-electron chi connectivity index (χ3n) is 3.73. The van der Waals surface area contributed by atoms with Crippen molar-refractivity contribution < 1.29 is 18.3 Å². The molecule has 1 aromatic carbocycles. The van der Waals surface area contributed by atoms with Crippen LogP contribution in [0.4, 0.5) is 13.2 Å². The smallest absolute Gasteiger partial charge is 0.384 e. The van der Waals surface area contributed by atoms with Crippen molar-refractivity contribution in [3.8, 4) is 0 Å². The number of halogens is 3. The van der Waals surface area contributed by atoms with Crippen LogP contribution < -0.4 is 0 Å². The van der Waals surface area contributed by atoms with E-state index in [0.29, 0.717) is 11.5 Å². The summed E-state index contributed by atoms with van der Waals surface area (Å²) in [4.78, 5) is 3.72. The number of benzene rings is 1. The minimum Gasteiger partial charge on any atom is -0.384 e. The highest BCUT2D eigenvalue weighted by Gasteiger charge is 2.35. The summed E-state index contributed by atoms with van der Waals surface area (Å²) in [5, 5.41) is 10.3. The minimum atomic E-state index is -4.51. The van der Waals surface area contributed by atoms with Crippen LogP contribution in [0.3, 0.4) is 0 Å². The first kappa shape index (κ1) is 14.1. The van der Waals surface area contributed by atoms with Crippen molar-refractivity contribution in [3.05, 3.63) is 65.0 Å². The quantitative estimate of drug-likeness (QED) is 0.925. The maximum absolute atomic E-state index is 13.0. The van der Waals surface area contributed by atoms with Crippen LogP contribution in [0.5, 0.6) is 0 Å². The van der Waals surface area contributed by atoms with Gasteiger partial charge in [0.05, 0.1) is 5.56 Å². The van der Waals surface area contributed by atoms with Gasteiger partial charge in [-0.05, 0) is 36.0 Å². The highest BCUT2D eigenvalue weighted by molar-refractivity contribution is 5.38. The molecule has 1 saturated carbocycles. The second-order valence-electron chi connectivity index (χ2n) is 5.31. The van der Waals surface area contributed by atoms with Crippen molar-refractivity contribution in [1.82, 2.24) is 4.98 Å². The molecule has 0 aliphatic heterocycles. The van der Waals surface area contributed by atoms with Gasteiger partial charge in [-0.3, -0.25) is 4.98 Å². The van der Waals surface area contributed by atoms with Crippen LogP contribution in [-0.2, 0) is 6.18 Å². The minimum absolute atomic E-state index is 0.210. The summed E-state index contributed by atoms with van der Waals surface area (Å²) in [6.45, 7) is 0. The van der Waals surface area contributed by atoms with Gasteiger partial charge >= 0.3 is 6.18 Å². The fourth-order valence-electron chi connectivity index (χ4n) is 2.46. The summed E-state index contributed by atoms with van der Waals surface area (Å²) in [6.07, 6.45) is -1.47. The summed E-state index contributed by atoms with van der Waals surface area (Å²) in [6, 6.07) is 8.04. The Morgan fingerprint density at radius 2 is 1.95 bits per heavy atom. The number of pyridine rings is 1. The first-order valence-electron chi connectivity index (χ1n) is 6.76. The number of hydrogen-bond donors (Lipinski definition) is 1. The fraction of sp³-hybridized carbons (Fsp3) is 0.312. The maximum atomic E-state index is 13.0. The van der Waals surface area contributed by atoms with E-state index in [4.69, 9.17) is 0 Å². The zero-order valence-corrected chi connectivity index (χ0v) is 11.1. The molecule has 1 N–H and O–H groups in total. The van der Waals surface area contributed by atoms with Gasteiger partial charge in [0, 0.05) is 18.0 Å². The highest BCUT2D eigenvalue weighted by Crippen LogP contribution is 2.41. The fourth-order valence-corrected chi connectivity index (χ4v) is 2.46. The first-order chi connectivity index (χ1) is 9.97. The third kappa shape index (κ3) is 2.93. The Bertz CT molecular complexity index is 650. The average molecular weight is 293 g/mol. The summed E-state index contributed by atoms with van der Waals surface area (Å²) in [5.41, 5.74) is 0.488. The van der Waals surface area contributed by atoms with E-state index in [1.807, 2.05) is 6.07 Å². The predicted molar refractivity (Wildman–Crippen MR) is 71.7 cm³/mol. The van der Waals surface area contributed by atoms with Crippen LogP contribution in [0.15, 0.2) is 42.7 Å². The summed E-state index contributed by atoms with van der Waals surface area (Å²) in [7, 11) is 0. The molecule has 2 nitrogen and oxygen atoms in total. The van der Waals surface area contributed by atoms with Gasteiger partial charge in [-0.1, -0.05) is 24.3 Å². The molecule has 0 spiro atoms. The number of rotatable bonds is 3. The number of aliphatic hydroxyl groups excluding tert-OH is 1. The van der Waals surface area contributed by atoms with Crippen molar-refractivity contribution in [2.45, 2.75) is 31.0 Å². The molecule has 21 heavy (non-hydrogen) atoms. The lowest BCUT2D eigenvalue weighted by Crippen LogP contribution is -2.13. The Kier molecular flexibility index (Phi) is 3.45. The number of nitrogens with zero attached hydrogens (tertiary/aromatic N) is 1. The van der Waals surface area contributed by atoms with Crippen LogP contribution in [-0.4, -0.2) is 10.1 Å². The molecule has 1 unspecified atom stereocenters. The number of alkyl halides is 3. The lowest BCUT2D eigenvalue weighted by molar-refractivity contribution is -0.139. The zero-order valence-electron chi connectivity index (χ0n) is 11.1. The van der Waals surface area contributed by atoms with E-state index in [9.17, 15) is 18.3 Å². The van der Waals surface area contributed by atoms with Crippen molar-refractivity contribution >= 4 is 0 Å². The van der Waals surface area contributed by atoms with E-state index in [1.165, 1.54) is 0 Å².